The fraction of sp³-hybridized carbons (Fsp3) is 0.190. The molecule has 0 aliphatic carbocycles. The van der Waals surface area contributed by atoms with Crippen molar-refractivity contribution in [2.75, 3.05) is 20.2 Å². The van der Waals surface area contributed by atoms with Gasteiger partial charge in [0.05, 0.1) is 5.56 Å². The normalized spacial score (nSPS) is 16.3. The van der Waals surface area contributed by atoms with Crippen molar-refractivity contribution in [1.29, 1.82) is 0 Å². The average Bonchev–Trinajstić information content (AvgIpc) is 2.84. The molecule has 3 aromatic rings. The number of benzene rings is 2. The number of nitrogens with zero attached hydrogens (tertiary/aromatic N) is 2. The summed E-state index contributed by atoms with van der Waals surface area (Å²) >= 11 is 1.20. The summed E-state index contributed by atoms with van der Waals surface area (Å²) in [6.07, 6.45) is -2.82. The van der Waals surface area contributed by atoms with E-state index in [0.29, 0.717) is 21.0 Å². The number of pyridine rings is 1. The van der Waals surface area contributed by atoms with Gasteiger partial charge in [-0.15, -0.1) is 0 Å². The van der Waals surface area contributed by atoms with Crippen LogP contribution in [0.15, 0.2) is 75.6 Å². The van der Waals surface area contributed by atoms with Crippen LogP contribution in [0.5, 0.6) is 5.75 Å². The number of ether oxygens (including phenoxy) is 1. The number of hydrogen-bond acceptors (Lipinski definition) is 5. The van der Waals surface area contributed by atoms with Gasteiger partial charge in [0, 0.05) is 30.2 Å². The Balaban J connectivity index is 1.71. The van der Waals surface area contributed by atoms with E-state index in [2.05, 4.69) is 4.98 Å². The Kier molecular flexibility index (Phi) is 5.71. The SMILES string of the molecule is CN1CCOc2ccc(-c3cccnc3Sc3ccc(C(F)(F)F)cc3)cc2S1(=O)=O. The first-order valence-corrected chi connectivity index (χ1v) is 11.5. The molecule has 2 heterocycles. The molecule has 31 heavy (non-hydrogen) atoms. The first kappa shape index (κ1) is 21.7. The number of halogens is 3. The van der Waals surface area contributed by atoms with E-state index in [1.165, 1.54) is 35.2 Å². The Bertz CT molecular complexity index is 1210. The first-order chi connectivity index (χ1) is 14.7. The Labute approximate surface area is 181 Å². The number of fused-ring (bicyclic) bond motifs is 1. The molecule has 0 amide bonds. The smallest absolute Gasteiger partial charge is 0.416 e. The quantitative estimate of drug-likeness (QED) is 0.548. The molecular formula is C21H17F3N2O3S2. The molecule has 10 heteroatoms. The minimum atomic E-state index is -4.40. The maximum Gasteiger partial charge on any atom is 0.416 e. The third-order valence-corrected chi connectivity index (χ3v) is 7.68. The van der Waals surface area contributed by atoms with Gasteiger partial charge in [-0.1, -0.05) is 23.9 Å². The minimum absolute atomic E-state index is 0.0688. The van der Waals surface area contributed by atoms with Crippen molar-refractivity contribution in [2.24, 2.45) is 0 Å². The summed E-state index contributed by atoms with van der Waals surface area (Å²) in [5.74, 6) is 0.286. The van der Waals surface area contributed by atoms with Gasteiger partial charge in [-0.05, 0) is 48.0 Å². The summed E-state index contributed by atoms with van der Waals surface area (Å²) in [4.78, 5) is 5.00. The third kappa shape index (κ3) is 4.41. The molecule has 5 nitrogen and oxygen atoms in total. The molecule has 162 valence electrons. The fourth-order valence-electron chi connectivity index (χ4n) is 3.08. The molecule has 1 aromatic heterocycles. The van der Waals surface area contributed by atoms with Crippen LogP contribution < -0.4 is 4.74 Å². The topological polar surface area (TPSA) is 59.5 Å². The average molecular weight is 467 g/mol. The highest BCUT2D eigenvalue weighted by Crippen LogP contribution is 2.39. The van der Waals surface area contributed by atoms with Crippen LogP contribution in [0, 0.1) is 0 Å². The van der Waals surface area contributed by atoms with Gasteiger partial charge in [0.15, 0.2) is 0 Å². The molecular weight excluding hydrogens is 449 g/mol. The predicted octanol–water partition coefficient (Wildman–Crippen LogP) is 4.93. The van der Waals surface area contributed by atoms with Crippen LogP contribution in [0.3, 0.4) is 0 Å². The van der Waals surface area contributed by atoms with Gasteiger partial charge in [-0.2, -0.15) is 17.5 Å². The number of hydrogen-bond donors (Lipinski definition) is 0. The number of likely N-dealkylation sites (N-methyl/N-ethyl adjacent to an activating group) is 1. The molecule has 0 bridgehead atoms. The molecule has 2 aromatic carbocycles. The molecule has 0 N–H and O–H groups in total. The molecule has 0 unspecified atom stereocenters. The van der Waals surface area contributed by atoms with Gasteiger partial charge < -0.3 is 4.74 Å². The maximum absolute atomic E-state index is 12.8. The van der Waals surface area contributed by atoms with Crippen LogP contribution in [0.25, 0.3) is 11.1 Å². The standard InChI is InChI=1S/C21H17F3N2O3S2/c1-26-11-12-29-18-9-4-14(13-19(18)31(26,27)28)17-3-2-10-25-20(17)30-16-7-5-15(6-8-16)21(22,23)24/h2-10,13H,11-12H2,1H3. The summed E-state index contributed by atoms with van der Waals surface area (Å²) in [5.41, 5.74) is 0.555. The summed E-state index contributed by atoms with van der Waals surface area (Å²) in [6, 6.07) is 13.2. The van der Waals surface area contributed by atoms with Crippen LogP contribution in [0.2, 0.25) is 0 Å². The molecule has 0 radical (unpaired) electrons. The lowest BCUT2D eigenvalue weighted by molar-refractivity contribution is -0.137. The Morgan fingerprint density at radius 3 is 2.55 bits per heavy atom. The van der Waals surface area contributed by atoms with E-state index in [4.69, 9.17) is 4.74 Å². The summed E-state index contributed by atoms with van der Waals surface area (Å²) in [7, 11) is -2.21. The van der Waals surface area contributed by atoms with E-state index >= 15 is 0 Å². The van der Waals surface area contributed by atoms with Crippen LogP contribution in [0.4, 0.5) is 13.2 Å². The maximum atomic E-state index is 12.8. The van der Waals surface area contributed by atoms with E-state index in [9.17, 15) is 21.6 Å². The lowest BCUT2D eigenvalue weighted by Gasteiger charge is -2.14. The zero-order chi connectivity index (χ0) is 22.2. The highest BCUT2D eigenvalue weighted by atomic mass is 32.2. The Morgan fingerprint density at radius 1 is 1.10 bits per heavy atom. The van der Waals surface area contributed by atoms with Crippen molar-refractivity contribution in [3.8, 4) is 16.9 Å². The lowest BCUT2D eigenvalue weighted by atomic mass is 10.1. The van der Waals surface area contributed by atoms with Gasteiger partial charge in [0.2, 0.25) is 10.0 Å². The van der Waals surface area contributed by atoms with Crippen molar-refractivity contribution in [3.63, 3.8) is 0 Å². The lowest BCUT2D eigenvalue weighted by Crippen LogP contribution is -2.28. The van der Waals surface area contributed by atoms with E-state index in [0.717, 1.165) is 12.1 Å². The minimum Gasteiger partial charge on any atom is -0.491 e. The largest absolute Gasteiger partial charge is 0.491 e. The molecule has 0 atom stereocenters. The van der Waals surface area contributed by atoms with Crippen molar-refractivity contribution in [2.45, 2.75) is 21.0 Å². The molecule has 4 rings (SSSR count). The van der Waals surface area contributed by atoms with Crippen LogP contribution in [-0.4, -0.2) is 37.9 Å². The molecule has 1 aliphatic rings. The Morgan fingerprint density at radius 2 is 1.84 bits per heavy atom. The molecule has 0 spiro atoms. The second kappa shape index (κ2) is 8.18. The van der Waals surface area contributed by atoms with Crippen molar-refractivity contribution in [1.82, 2.24) is 9.29 Å². The van der Waals surface area contributed by atoms with E-state index in [-0.39, 0.29) is 23.8 Å². The van der Waals surface area contributed by atoms with Gasteiger partial charge in [0.25, 0.3) is 0 Å². The van der Waals surface area contributed by atoms with Crippen molar-refractivity contribution >= 4 is 21.8 Å². The first-order valence-electron chi connectivity index (χ1n) is 9.20. The summed E-state index contributed by atoms with van der Waals surface area (Å²) < 4.78 is 70.9. The van der Waals surface area contributed by atoms with Crippen LogP contribution >= 0.6 is 11.8 Å². The van der Waals surface area contributed by atoms with Crippen LogP contribution in [-0.2, 0) is 16.2 Å². The summed E-state index contributed by atoms with van der Waals surface area (Å²) in [6.45, 7) is 0.498. The van der Waals surface area contributed by atoms with Gasteiger partial charge in [0.1, 0.15) is 22.3 Å². The van der Waals surface area contributed by atoms with Crippen molar-refractivity contribution in [3.05, 3.63) is 66.4 Å². The predicted molar refractivity (Wildman–Crippen MR) is 111 cm³/mol. The second-order valence-corrected chi connectivity index (χ2v) is 9.89. The zero-order valence-corrected chi connectivity index (χ0v) is 17.9. The van der Waals surface area contributed by atoms with Crippen LogP contribution in [0.1, 0.15) is 5.56 Å². The third-order valence-electron chi connectivity index (χ3n) is 4.77. The number of rotatable bonds is 3. The molecule has 0 saturated carbocycles. The number of aromatic nitrogens is 1. The number of alkyl halides is 3. The fourth-order valence-corrected chi connectivity index (χ4v) is 5.30. The highest BCUT2D eigenvalue weighted by Gasteiger charge is 2.30. The molecule has 0 fully saturated rings. The van der Waals surface area contributed by atoms with E-state index < -0.39 is 21.8 Å². The monoisotopic (exact) mass is 466 g/mol. The second-order valence-electron chi connectivity index (χ2n) is 6.82. The van der Waals surface area contributed by atoms with Gasteiger partial charge >= 0.3 is 6.18 Å². The van der Waals surface area contributed by atoms with Gasteiger partial charge in [-0.3, -0.25) is 0 Å². The number of sulfonamides is 1. The van der Waals surface area contributed by atoms with Crippen molar-refractivity contribution < 1.29 is 26.3 Å². The van der Waals surface area contributed by atoms with Gasteiger partial charge in [-0.25, -0.2) is 13.4 Å². The molecule has 1 aliphatic heterocycles. The molecule has 0 saturated heterocycles. The Hall–Kier alpha value is -2.56. The highest BCUT2D eigenvalue weighted by molar-refractivity contribution is 7.99. The van der Waals surface area contributed by atoms with E-state index in [1.54, 1.807) is 36.5 Å². The van der Waals surface area contributed by atoms with E-state index in [1.807, 2.05) is 0 Å². The summed E-state index contributed by atoms with van der Waals surface area (Å²) in [5, 5.41) is 0.544. The zero-order valence-electron chi connectivity index (χ0n) is 16.3.